The number of nitrogens with one attached hydrogen (secondary N) is 1. The average molecular weight is 322 g/mol. The van der Waals surface area contributed by atoms with Crippen LogP contribution in [-0.4, -0.2) is 35.7 Å². The van der Waals surface area contributed by atoms with Gasteiger partial charge in [0.2, 0.25) is 0 Å². The van der Waals surface area contributed by atoms with Gasteiger partial charge < -0.3 is 19.4 Å². The molecule has 1 aliphatic rings. The highest BCUT2D eigenvalue weighted by molar-refractivity contribution is 5.68. The zero-order valence-electron chi connectivity index (χ0n) is 15.0. The fourth-order valence-corrected chi connectivity index (χ4v) is 3.08. The van der Waals surface area contributed by atoms with Crippen LogP contribution in [0, 0.1) is 0 Å². The van der Waals surface area contributed by atoms with Crippen molar-refractivity contribution in [2.75, 3.05) is 7.05 Å². The number of nitrogens with zero attached hydrogens (tertiary/aromatic N) is 1. The van der Waals surface area contributed by atoms with Crippen molar-refractivity contribution in [1.82, 2.24) is 10.2 Å². The molecule has 1 heterocycles. The first-order valence-corrected chi connectivity index (χ1v) is 8.50. The summed E-state index contributed by atoms with van der Waals surface area (Å²) in [6, 6.07) is 3.05. The predicted molar refractivity (Wildman–Crippen MR) is 90.3 cm³/mol. The largest absolute Gasteiger partial charge is 0.472 e. The lowest BCUT2D eigenvalue weighted by atomic mass is 9.90. The van der Waals surface area contributed by atoms with Gasteiger partial charge in [0, 0.05) is 30.7 Å². The topological polar surface area (TPSA) is 54.7 Å². The minimum Gasteiger partial charge on any atom is -0.472 e. The highest BCUT2D eigenvalue weighted by Gasteiger charge is 2.29. The van der Waals surface area contributed by atoms with Gasteiger partial charge in [0.05, 0.1) is 12.5 Å². The molecule has 2 rings (SSSR count). The molecule has 23 heavy (non-hydrogen) atoms. The maximum absolute atomic E-state index is 12.2. The summed E-state index contributed by atoms with van der Waals surface area (Å²) < 4.78 is 10.6. The predicted octanol–water partition coefficient (Wildman–Crippen LogP) is 4.11. The van der Waals surface area contributed by atoms with Crippen molar-refractivity contribution >= 4 is 6.09 Å². The van der Waals surface area contributed by atoms with Gasteiger partial charge in [-0.2, -0.15) is 0 Å². The summed E-state index contributed by atoms with van der Waals surface area (Å²) in [6.45, 7) is 7.86. The van der Waals surface area contributed by atoms with Crippen molar-refractivity contribution in [3.8, 4) is 0 Å². The summed E-state index contributed by atoms with van der Waals surface area (Å²) in [5, 5.41) is 3.65. The Morgan fingerprint density at radius 1 is 1.35 bits per heavy atom. The van der Waals surface area contributed by atoms with Gasteiger partial charge in [0.25, 0.3) is 0 Å². The molecular formula is C18H30N2O3. The second-order valence-electron chi connectivity index (χ2n) is 7.54. The molecule has 0 saturated heterocycles. The van der Waals surface area contributed by atoms with Gasteiger partial charge in [0.15, 0.2) is 0 Å². The Morgan fingerprint density at radius 2 is 2.00 bits per heavy atom. The van der Waals surface area contributed by atoms with E-state index in [1.165, 1.54) is 5.56 Å². The van der Waals surface area contributed by atoms with Gasteiger partial charge in [0.1, 0.15) is 5.60 Å². The van der Waals surface area contributed by atoms with Gasteiger partial charge in [-0.15, -0.1) is 0 Å². The third-order valence-corrected chi connectivity index (χ3v) is 4.45. The fourth-order valence-electron chi connectivity index (χ4n) is 3.08. The monoisotopic (exact) mass is 322 g/mol. The van der Waals surface area contributed by atoms with E-state index in [2.05, 4.69) is 12.2 Å². The molecule has 1 aliphatic carbocycles. The normalized spacial score (nSPS) is 23.3. The van der Waals surface area contributed by atoms with Crippen molar-refractivity contribution in [2.45, 2.75) is 77.1 Å². The molecule has 1 atom stereocenters. The quantitative estimate of drug-likeness (QED) is 0.906. The van der Waals surface area contributed by atoms with Crippen LogP contribution < -0.4 is 5.32 Å². The summed E-state index contributed by atoms with van der Waals surface area (Å²) in [7, 11) is 1.85. The highest BCUT2D eigenvalue weighted by atomic mass is 16.6. The van der Waals surface area contributed by atoms with Crippen LogP contribution in [0.5, 0.6) is 0 Å². The van der Waals surface area contributed by atoms with Crippen LogP contribution in [0.4, 0.5) is 4.79 Å². The van der Waals surface area contributed by atoms with Gasteiger partial charge in [-0.1, -0.05) is 0 Å². The Kier molecular flexibility index (Phi) is 5.74. The van der Waals surface area contributed by atoms with Crippen LogP contribution in [0.3, 0.4) is 0 Å². The van der Waals surface area contributed by atoms with Gasteiger partial charge in [-0.25, -0.2) is 4.79 Å². The van der Waals surface area contributed by atoms with Crippen LogP contribution >= 0.6 is 0 Å². The molecule has 5 heteroatoms. The molecule has 0 bridgehead atoms. The first kappa shape index (κ1) is 17.9. The molecule has 0 aliphatic heterocycles. The van der Waals surface area contributed by atoms with E-state index in [9.17, 15) is 4.79 Å². The molecule has 1 amide bonds. The van der Waals surface area contributed by atoms with Crippen LogP contribution in [0.1, 0.15) is 65.0 Å². The smallest absolute Gasteiger partial charge is 0.410 e. The van der Waals surface area contributed by atoms with E-state index in [1.54, 1.807) is 17.4 Å². The van der Waals surface area contributed by atoms with E-state index in [1.807, 2.05) is 33.9 Å². The number of carbonyl (C=O) groups is 1. The Balaban J connectivity index is 1.78. The highest BCUT2D eigenvalue weighted by Crippen LogP contribution is 2.26. The molecule has 1 aromatic heterocycles. The van der Waals surface area contributed by atoms with Crippen LogP contribution in [-0.2, 0) is 4.74 Å². The summed E-state index contributed by atoms with van der Waals surface area (Å²) in [4.78, 5) is 13.9. The lowest BCUT2D eigenvalue weighted by Gasteiger charge is -2.36. The first-order chi connectivity index (χ1) is 10.8. The van der Waals surface area contributed by atoms with Crippen molar-refractivity contribution < 1.29 is 13.9 Å². The van der Waals surface area contributed by atoms with E-state index in [0.29, 0.717) is 12.1 Å². The summed E-state index contributed by atoms with van der Waals surface area (Å²) in [5.41, 5.74) is 0.738. The van der Waals surface area contributed by atoms with Gasteiger partial charge >= 0.3 is 6.09 Å². The minimum atomic E-state index is -0.440. The van der Waals surface area contributed by atoms with Crippen LogP contribution in [0.15, 0.2) is 23.0 Å². The molecule has 1 aromatic rings. The molecule has 130 valence electrons. The average Bonchev–Trinajstić information content (AvgIpc) is 3.00. The summed E-state index contributed by atoms with van der Waals surface area (Å²) in [6.07, 6.45) is 7.43. The van der Waals surface area contributed by atoms with E-state index in [0.717, 1.165) is 25.7 Å². The SMILES string of the molecule is CC(NC1CCC(N(C)C(=O)OC(C)(C)C)CC1)c1ccoc1. The Labute approximate surface area is 139 Å². The van der Waals surface area contributed by atoms with E-state index < -0.39 is 5.60 Å². The van der Waals surface area contributed by atoms with E-state index in [4.69, 9.17) is 9.15 Å². The zero-order chi connectivity index (χ0) is 17.0. The number of rotatable bonds is 4. The number of furan rings is 1. The Bertz CT molecular complexity index is 485. The standard InChI is InChI=1S/C18H30N2O3/c1-13(14-10-11-22-12-14)19-15-6-8-16(9-7-15)20(5)17(21)23-18(2,3)4/h10-13,15-16,19H,6-9H2,1-5H3. The van der Waals surface area contributed by atoms with Crippen molar-refractivity contribution in [3.63, 3.8) is 0 Å². The molecule has 1 N–H and O–H groups in total. The molecular weight excluding hydrogens is 292 g/mol. The summed E-state index contributed by atoms with van der Waals surface area (Å²) >= 11 is 0. The number of hydrogen-bond donors (Lipinski definition) is 1. The van der Waals surface area contributed by atoms with Crippen molar-refractivity contribution in [1.29, 1.82) is 0 Å². The first-order valence-electron chi connectivity index (χ1n) is 8.50. The molecule has 0 radical (unpaired) electrons. The third-order valence-electron chi connectivity index (χ3n) is 4.45. The number of hydrogen-bond acceptors (Lipinski definition) is 4. The van der Waals surface area contributed by atoms with Crippen molar-refractivity contribution in [2.24, 2.45) is 0 Å². The third kappa shape index (κ3) is 5.27. The van der Waals surface area contributed by atoms with Crippen LogP contribution in [0.2, 0.25) is 0 Å². The van der Waals surface area contributed by atoms with Gasteiger partial charge in [-0.3, -0.25) is 0 Å². The van der Waals surface area contributed by atoms with Crippen molar-refractivity contribution in [3.05, 3.63) is 24.2 Å². The maximum Gasteiger partial charge on any atom is 0.410 e. The molecule has 0 aromatic carbocycles. The Hall–Kier alpha value is -1.49. The minimum absolute atomic E-state index is 0.222. The van der Waals surface area contributed by atoms with E-state index >= 15 is 0 Å². The zero-order valence-corrected chi connectivity index (χ0v) is 15.0. The molecule has 0 spiro atoms. The molecule has 1 unspecified atom stereocenters. The number of amides is 1. The fraction of sp³-hybridized carbons (Fsp3) is 0.722. The number of ether oxygens (including phenoxy) is 1. The lowest BCUT2D eigenvalue weighted by molar-refractivity contribution is 0.0178. The maximum atomic E-state index is 12.2. The Morgan fingerprint density at radius 3 is 2.52 bits per heavy atom. The second kappa shape index (κ2) is 7.39. The summed E-state index contributed by atoms with van der Waals surface area (Å²) in [5.74, 6) is 0. The molecule has 1 fully saturated rings. The lowest BCUT2D eigenvalue weighted by Crippen LogP contribution is -2.45. The van der Waals surface area contributed by atoms with E-state index in [-0.39, 0.29) is 12.1 Å². The van der Waals surface area contributed by atoms with Gasteiger partial charge in [-0.05, 0) is 59.4 Å². The molecule has 1 saturated carbocycles. The molecule has 5 nitrogen and oxygen atoms in total. The second-order valence-corrected chi connectivity index (χ2v) is 7.54. The van der Waals surface area contributed by atoms with Crippen LogP contribution in [0.25, 0.3) is 0 Å². The number of carbonyl (C=O) groups excluding carboxylic acids is 1.